The second kappa shape index (κ2) is 15.6. The second-order valence-corrected chi connectivity index (χ2v) is 11.4. The van der Waals surface area contributed by atoms with Crippen LogP contribution in [0.25, 0.3) is 0 Å². The number of hydrogen-bond acceptors (Lipinski definition) is 9. The van der Waals surface area contributed by atoms with Crippen molar-refractivity contribution in [2.24, 2.45) is 11.7 Å². The first kappa shape index (κ1) is 33.6. The fourth-order valence-electron chi connectivity index (χ4n) is 5.07. The molecule has 1 aliphatic heterocycles. The van der Waals surface area contributed by atoms with Crippen molar-refractivity contribution in [2.45, 2.75) is 75.5 Å². The molecule has 2 aromatic rings. The maximum absolute atomic E-state index is 13.7. The van der Waals surface area contributed by atoms with E-state index in [1.807, 2.05) is 0 Å². The van der Waals surface area contributed by atoms with Gasteiger partial charge in [0.15, 0.2) is 5.78 Å². The van der Waals surface area contributed by atoms with E-state index in [-0.39, 0.29) is 43.7 Å². The average molecular weight is 637 g/mol. The molecule has 1 fully saturated rings. The molecular formula is C31H36N6O9. The number of ketones is 1. The van der Waals surface area contributed by atoms with Gasteiger partial charge in [-0.25, -0.2) is 0 Å². The number of nitro benzene ring substituents is 1. The third-order valence-corrected chi connectivity index (χ3v) is 7.77. The lowest BCUT2D eigenvalue weighted by atomic mass is 9.97. The van der Waals surface area contributed by atoms with E-state index in [2.05, 4.69) is 21.3 Å². The number of non-ortho nitro benzene ring substituents is 1. The molecule has 0 bridgehead atoms. The molecule has 2 aliphatic rings. The van der Waals surface area contributed by atoms with E-state index < -0.39 is 64.4 Å². The number of hydrogen-bond donors (Lipinski definition) is 5. The summed E-state index contributed by atoms with van der Waals surface area (Å²) in [5.74, 6) is -3.50. The molecule has 0 radical (unpaired) electrons. The van der Waals surface area contributed by atoms with Crippen LogP contribution >= 0.6 is 0 Å². The maximum atomic E-state index is 13.7. The first-order valence-electron chi connectivity index (χ1n) is 15.0. The first-order valence-corrected chi connectivity index (χ1v) is 15.0. The molecule has 0 spiro atoms. The van der Waals surface area contributed by atoms with Crippen molar-refractivity contribution in [1.82, 2.24) is 21.3 Å². The first-order chi connectivity index (χ1) is 22.0. The highest BCUT2D eigenvalue weighted by molar-refractivity contribution is 6.00. The number of carbonyl (C=O) groups is 6. The molecule has 0 saturated heterocycles. The molecule has 1 saturated carbocycles. The van der Waals surface area contributed by atoms with Crippen LogP contribution in [-0.2, 0) is 41.6 Å². The van der Waals surface area contributed by atoms with Crippen molar-refractivity contribution < 1.29 is 38.1 Å². The number of nitro groups is 1. The molecule has 4 rings (SSSR count). The van der Waals surface area contributed by atoms with Crippen molar-refractivity contribution in [3.8, 4) is 0 Å². The highest BCUT2D eigenvalue weighted by atomic mass is 16.6. The molecular weight excluding hydrogens is 600 g/mol. The molecule has 6 N–H and O–H groups in total. The fraction of sp³-hybridized carbons (Fsp3) is 0.419. The third-order valence-electron chi connectivity index (χ3n) is 7.77. The van der Waals surface area contributed by atoms with E-state index in [0.29, 0.717) is 17.7 Å². The fourth-order valence-corrected chi connectivity index (χ4v) is 5.07. The molecule has 1 aliphatic carbocycles. The lowest BCUT2D eigenvalue weighted by Crippen LogP contribution is -2.56. The van der Waals surface area contributed by atoms with Gasteiger partial charge in [-0.3, -0.25) is 38.9 Å². The minimum Gasteiger partial charge on any atom is -0.469 e. The molecule has 5 amide bonds. The predicted molar refractivity (Wildman–Crippen MR) is 161 cm³/mol. The van der Waals surface area contributed by atoms with Crippen LogP contribution in [0.15, 0.2) is 59.2 Å². The van der Waals surface area contributed by atoms with Crippen LogP contribution in [0.2, 0.25) is 0 Å². The molecule has 4 atom stereocenters. The van der Waals surface area contributed by atoms with Gasteiger partial charge in [-0.2, -0.15) is 0 Å². The smallest absolute Gasteiger partial charge is 0.269 e. The minimum absolute atomic E-state index is 0.00564. The summed E-state index contributed by atoms with van der Waals surface area (Å²) in [5.41, 5.74) is 5.83. The summed E-state index contributed by atoms with van der Waals surface area (Å²) in [6.45, 7) is 0. The van der Waals surface area contributed by atoms with Crippen LogP contribution in [0.1, 0.15) is 49.8 Å². The Morgan fingerprint density at radius 3 is 2.11 bits per heavy atom. The monoisotopic (exact) mass is 636 g/mol. The second-order valence-electron chi connectivity index (χ2n) is 11.4. The number of nitrogens with two attached hydrogens (primary N) is 1. The van der Waals surface area contributed by atoms with E-state index in [1.54, 1.807) is 12.1 Å². The molecule has 46 heavy (non-hydrogen) atoms. The van der Waals surface area contributed by atoms with E-state index >= 15 is 0 Å². The van der Waals surface area contributed by atoms with Crippen molar-refractivity contribution in [2.75, 3.05) is 0 Å². The normalized spacial score (nSPS) is 23.7. The zero-order chi connectivity index (χ0) is 33.2. The summed E-state index contributed by atoms with van der Waals surface area (Å²) < 4.78 is 5.41. The van der Waals surface area contributed by atoms with Crippen LogP contribution in [-0.4, -0.2) is 64.4 Å². The highest BCUT2D eigenvalue weighted by Gasteiger charge is 2.34. The molecule has 244 valence electrons. The molecule has 15 nitrogen and oxygen atoms in total. The Morgan fingerprint density at radius 2 is 1.50 bits per heavy atom. The topological polar surface area (TPSA) is 233 Å². The van der Waals surface area contributed by atoms with Gasteiger partial charge >= 0.3 is 0 Å². The Kier molecular flexibility index (Phi) is 11.4. The van der Waals surface area contributed by atoms with Crippen molar-refractivity contribution in [3.63, 3.8) is 0 Å². The predicted octanol–water partition coefficient (Wildman–Crippen LogP) is 0.507. The van der Waals surface area contributed by atoms with Crippen molar-refractivity contribution >= 4 is 41.0 Å². The molecule has 15 heteroatoms. The number of benzene rings is 1. The summed E-state index contributed by atoms with van der Waals surface area (Å²) in [4.78, 5) is 88.4. The minimum atomic E-state index is -1.20. The summed E-state index contributed by atoms with van der Waals surface area (Å²) >= 11 is 0. The number of amides is 5. The Bertz CT molecular complexity index is 1480. The Balaban J connectivity index is 1.64. The lowest BCUT2D eigenvalue weighted by Gasteiger charge is -2.25. The quantitative estimate of drug-likeness (QED) is 0.200. The number of primary amides is 1. The largest absolute Gasteiger partial charge is 0.469 e. The standard InChI is InChI=1S/C31H36N6O9/c32-29(41)22-4-1-5-26(38)23(15-19-8-10-20(11-9-19)37(44)45)35-31(43)25(17-21-3-2-14-46-21)36-30(42)24(16-18-6-7-18)34-28(40)13-12-27(39)33-22/h2-3,8-14,18,22-25H,1,4-7,15-17H2,(H2,32,41)(H,33,39)(H,34,40)(H,35,43)(H,36,42). The molecule has 2 heterocycles. The lowest BCUT2D eigenvalue weighted by molar-refractivity contribution is -0.384. The number of nitrogens with zero attached hydrogens (tertiary/aromatic N) is 1. The summed E-state index contributed by atoms with van der Waals surface area (Å²) in [6.07, 6.45) is 5.22. The van der Waals surface area contributed by atoms with Gasteiger partial charge in [0.25, 0.3) is 5.69 Å². The van der Waals surface area contributed by atoms with Gasteiger partial charge in [-0.15, -0.1) is 0 Å². The van der Waals surface area contributed by atoms with Crippen LogP contribution < -0.4 is 27.0 Å². The van der Waals surface area contributed by atoms with Crippen LogP contribution in [0.5, 0.6) is 0 Å². The van der Waals surface area contributed by atoms with Crippen LogP contribution in [0, 0.1) is 16.0 Å². The molecule has 4 unspecified atom stereocenters. The number of carbonyl (C=O) groups excluding carboxylic acids is 6. The Morgan fingerprint density at radius 1 is 0.848 bits per heavy atom. The number of rotatable bonds is 8. The van der Waals surface area contributed by atoms with Gasteiger partial charge in [-0.1, -0.05) is 25.0 Å². The number of Topliss-reactive ketones (excluding diaryl/α,β-unsaturated/α-hetero) is 1. The molecule has 1 aromatic carbocycles. The Hall–Kier alpha value is -5.34. The van der Waals surface area contributed by atoms with E-state index in [4.69, 9.17) is 10.2 Å². The van der Waals surface area contributed by atoms with Crippen molar-refractivity contribution in [3.05, 3.63) is 76.3 Å². The van der Waals surface area contributed by atoms with Gasteiger partial charge in [0, 0.05) is 37.1 Å². The third kappa shape index (κ3) is 10.1. The summed E-state index contributed by atoms with van der Waals surface area (Å²) in [5, 5.41) is 21.5. The van der Waals surface area contributed by atoms with Gasteiger partial charge < -0.3 is 31.4 Å². The van der Waals surface area contributed by atoms with Gasteiger partial charge in [0.2, 0.25) is 29.5 Å². The van der Waals surface area contributed by atoms with E-state index in [0.717, 1.165) is 25.0 Å². The van der Waals surface area contributed by atoms with E-state index in [9.17, 15) is 38.9 Å². The highest BCUT2D eigenvalue weighted by Crippen LogP contribution is 2.33. The van der Waals surface area contributed by atoms with Crippen molar-refractivity contribution in [1.29, 1.82) is 0 Å². The Labute approximate surface area is 263 Å². The van der Waals surface area contributed by atoms with Gasteiger partial charge in [0.1, 0.15) is 23.9 Å². The zero-order valence-corrected chi connectivity index (χ0v) is 24.9. The number of nitrogens with one attached hydrogen (secondary N) is 4. The summed E-state index contributed by atoms with van der Waals surface area (Å²) in [6, 6.07) is 4.27. The van der Waals surface area contributed by atoms with Gasteiger partial charge in [0.05, 0.1) is 17.2 Å². The number of furan rings is 1. The van der Waals surface area contributed by atoms with Crippen LogP contribution in [0.4, 0.5) is 5.69 Å². The average Bonchev–Trinajstić information content (AvgIpc) is 3.69. The zero-order valence-electron chi connectivity index (χ0n) is 24.9. The maximum Gasteiger partial charge on any atom is 0.269 e. The SMILES string of the molecule is NC(=O)C1CCCC(=O)C(Cc2ccc([N+](=O)[O-])cc2)NC(=O)C(Cc2ccco2)NC(=O)C(CC2CC2)NC(=O)C=CC(=O)N1. The van der Waals surface area contributed by atoms with E-state index in [1.165, 1.54) is 30.5 Å². The van der Waals surface area contributed by atoms with Crippen LogP contribution in [0.3, 0.4) is 0 Å². The summed E-state index contributed by atoms with van der Waals surface area (Å²) in [7, 11) is 0. The van der Waals surface area contributed by atoms with Gasteiger partial charge in [-0.05, 0) is 49.3 Å². The molecule has 1 aromatic heterocycles.